The molecule has 3 aromatic rings. The van der Waals surface area contributed by atoms with Gasteiger partial charge in [-0.25, -0.2) is 9.37 Å². The molecule has 1 fully saturated rings. The maximum absolute atomic E-state index is 14.2. The number of likely N-dealkylation sites (N-methyl/N-ethyl adjacent to an activating group) is 1. The molecule has 2 aromatic carbocycles. The number of likely N-dealkylation sites (tertiary alicyclic amines) is 1. The minimum atomic E-state index is -4.77. The summed E-state index contributed by atoms with van der Waals surface area (Å²) >= 11 is 12.3. The van der Waals surface area contributed by atoms with E-state index in [2.05, 4.69) is 9.97 Å². The fraction of sp³-hybridized carbons (Fsp3) is 0.320. The number of amides is 1. The van der Waals surface area contributed by atoms with Gasteiger partial charge in [-0.05, 0) is 49.4 Å². The van der Waals surface area contributed by atoms with Crippen LogP contribution in [0.25, 0.3) is 0 Å². The highest BCUT2D eigenvalue weighted by atomic mass is 35.5. The number of carbonyl (C=O) groups excluding carboxylic acids is 1. The first-order chi connectivity index (χ1) is 16.9. The van der Waals surface area contributed by atoms with Gasteiger partial charge in [-0.1, -0.05) is 35.3 Å². The van der Waals surface area contributed by atoms with Crippen LogP contribution in [0, 0.1) is 12.7 Å². The molecule has 1 amide bonds. The number of hydrogen-bond donors (Lipinski definition) is 0. The molecule has 0 spiro atoms. The summed E-state index contributed by atoms with van der Waals surface area (Å²) in [5.41, 5.74) is 0.819. The molecule has 1 unspecified atom stereocenters. The lowest BCUT2D eigenvalue weighted by atomic mass is 9.93. The monoisotopic (exact) mass is 540 g/mol. The molecule has 1 aromatic heterocycles. The van der Waals surface area contributed by atoms with E-state index in [0.29, 0.717) is 34.4 Å². The number of aromatic nitrogens is 2. The van der Waals surface area contributed by atoms with Gasteiger partial charge in [0.25, 0.3) is 5.91 Å². The van der Waals surface area contributed by atoms with Crippen molar-refractivity contribution in [2.24, 2.45) is 0 Å². The van der Waals surface area contributed by atoms with E-state index in [4.69, 9.17) is 23.2 Å². The van der Waals surface area contributed by atoms with Crippen molar-refractivity contribution in [3.63, 3.8) is 0 Å². The molecular formula is C25H22Cl2F4N4O. The largest absolute Gasteiger partial charge is 0.419 e. The van der Waals surface area contributed by atoms with Crippen molar-refractivity contribution in [1.82, 2.24) is 19.8 Å². The fourth-order valence-corrected chi connectivity index (χ4v) is 4.73. The summed E-state index contributed by atoms with van der Waals surface area (Å²) in [6, 6.07) is 7.91. The Labute approximate surface area is 215 Å². The van der Waals surface area contributed by atoms with Crippen LogP contribution in [-0.2, 0) is 12.7 Å². The standard InChI is InChI=1S/C25H22Cl2F4N4O/c1-14-9-33-22(10-32-14)24(36)35-12-17(16-4-6-19(26)20(27)8-16)23(13-35)34(2)11-15-3-5-18(21(28)7-15)25(29,30)31/h3-10,17,23H,11-13H2,1-2H3/t17-,23?/m1/s1. The van der Waals surface area contributed by atoms with Gasteiger partial charge in [-0.2, -0.15) is 13.2 Å². The zero-order valence-corrected chi connectivity index (χ0v) is 20.9. The maximum Gasteiger partial charge on any atom is 0.419 e. The molecule has 4 rings (SSSR count). The topological polar surface area (TPSA) is 49.3 Å². The minimum Gasteiger partial charge on any atom is -0.335 e. The Hall–Kier alpha value is -2.75. The zero-order chi connectivity index (χ0) is 26.2. The van der Waals surface area contributed by atoms with Crippen LogP contribution in [0.1, 0.15) is 38.8 Å². The number of rotatable bonds is 5. The highest BCUT2D eigenvalue weighted by molar-refractivity contribution is 6.42. The normalized spacial score (nSPS) is 18.2. The molecule has 0 radical (unpaired) electrons. The van der Waals surface area contributed by atoms with Crippen LogP contribution in [0.3, 0.4) is 0 Å². The van der Waals surface area contributed by atoms with Crippen LogP contribution in [0.5, 0.6) is 0 Å². The second-order valence-corrected chi connectivity index (χ2v) is 9.64. The summed E-state index contributed by atoms with van der Waals surface area (Å²) in [5.74, 6) is -1.80. The third-order valence-electron chi connectivity index (χ3n) is 6.29. The molecule has 0 N–H and O–H groups in total. The lowest BCUT2D eigenvalue weighted by Gasteiger charge is -2.29. The third kappa shape index (κ3) is 5.63. The number of carbonyl (C=O) groups is 1. The number of benzene rings is 2. The van der Waals surface area contributed by atoms with Gasteiger partial charge in [0.05, 0.1) is 27.5 Å². The van der Waals surface area contributed by atoms with E-state index in [1.54, 1.807) is 31.0 Å². The Morgan fingerprint density at radius 3 is 2.44 bits per heavy atom. The quantitative estimate of drug-likeness (QED) is 0.373. The Morgan fingerprint density at radius 2 is 1.83 bits per heavy atom. The molecule has 11 heteroatoms. The molecule has 2 heterocycles. The summed E-state index contributed by atoms with van der Waals surface area (Å²) in [7, 11) is 1.78. The first kappa shape index (κ1) is 26.3. The van der Waals surface area contributed by atoms with Gasteiger partial charge in [0.2, 0.25) is 0 Å². The number of hydrogen-bond acceptors (Lipinski definition) is 4. The molecular weight excluding hydrogens is 519 g/mol. The molecule has 36 heavy (non-hydrogen) atoms. The van der Waals surface area contributed by atoms with Crippen molar-refractivity contribution in [2.45, 2.75) is 31.6 Å². The Bertz CT molecular complexity index is 1270. The highest BCUT2D eigenvalue weighted by Gasteiger charge is 2.39. The summed E-state index contributed by atoms with van der Waals surface area (Å²) in [6.07, 6.45) is -1.82. The molecule has 5 nitrogen and oxygen atoms in total. The molecule has 0 aliphatic carbocycles. The van der Waals surface area contributed by atoms with E-state index in [1.807, 2.05) is 11.0 Å². The zero-order valence-electron chi connectivity index (χ0n) is 19.4. The van der Waals surface area contributed by atoms with E-state index in [-0.39, 0.29) is 30.1 Å². The Balaban J connectivity index is 1.61. The fourth-order valence-electron chi connectivity index (χ4n) is 4.43. The van der Waals surface area contributed by atoms with Crippen molar-refractivity contribution in [2.75, 3.05) is 20.1 Å². The van der Waals surface area contributed by atoms with Gasteiger partial charge in [-0.15, -0.1) is 0 Å². The van der Waals surface area contributed by atoms with Crippen LogP contribution in [0.15, 0.2) is 48.8 Å². The first-order valence-corrected chi connectivity index (χ1v) is 11.8. The van der Waals surface area contributed by atoms with Gasteiger partial charge in [0, 0.05) is 37.8 Å². The second-order valence-electron chi connectivity index (χ2n) is 8.83. The predicted molar refractivity (Wildman–Crippen MR) is 129 cm³/mol. The first-order valence-electron chi connectivity index (χ1n) is 11.0. The van der Waals surface area contributed by atoms with E-state index in [0.717, 1.165) is 17.7 Å². The summed E-state index contributed by atoms with van der Waals surface area (Å²) < 4.78 is 53.0. The minimum absolute atomic E-state index is 0.171. The molecule has 0 bridgehead atoms. The van der Waals surface area contributed by atoms with Crippen molar-refractivity contribution in [3.8, 4) is 0 Å². The van der Waals surface area contributed by atoms with E-state index < -0.39 is 17.6 Å². The number of aryl methyl sites for hydroxylation is 1. The molecule has 1 aliphatic rings. The van der Waals surface area contributed by atoms with Gasteiger partial charge >= 0.3 is 6.18 Å². The molecule has 1 saturated heterocycles. The van der Waals surface area contributed by atoms with Gasteiger partial charge in [-0.3, -0.25) is 14.7 Å². The number of halogens is 6. The van der Waals surface area contributed by atoms with Crippen molar-refractivity contribution in [3.05, 3.63) is 92.7 Å². The molecule has 190 valence electrons. The van der Waals surface area contributed by atoms with Crippen LogP contribution in [-0.4, -0.2) is 51.9 Å². The summed E-state index contributed by atoms with van der Waals surface area (Å²) in [4.78, 5) is 25.0. The van der Waals surface area contributed by atoms with Gasteiger partial charge < -0.3 is 4.90 Å². The summed E-state index contributed by atoms with van der Waals surface area (Å²) in [6.45, 7) is 2.61. The van der Waals surface area contributed by atoms with E-state index in [1.165, 1.54) is 18.5 Å². The van der Waals surface area contributed by atoms with Crippen LogP contribution in [0.4, 0.5) is 17.6 Å². The van der Waals surface area contributed by atoms with E-state index in [9.17, 15) is 22.4 Å². The molecule has 2 atom stereocenters. The van der Waals surface area contributed by atoms with Crippen molar-refractivity contribution >= 4 is 29.1 Å². The number of nitrogens with zero attached hydrogens (tertiary/aromatic N) is 4. The van der Waals surface area contributed by atoms with Crippen LogP contribution < -0.4 is 0 Å². The van der Waals surface area contributed by atoms with Crippen molar-refractivity contribution < 1.29 is 22.4 Å². The highest BCUT2D eigenvalue weighted by Crippen LogP contribution is 2.36. The number of alkyl halides is 3. The molecule has 0 saturated carbocycles. The maximum atomic E-state index is 14.2. The van der Waals surface area contributed by atoms with Crippen LogP contribution >= 0.6 is 23.2 Å². The average Bonchev–Trinajstić information content (AvgIpc) is 3.26. The second kappa shape index (κ2) is 10.3. The SMILES string of the molecule is Cc1cnc(C(=O)N2CC(N(C)Cc3ccc(C(F)(F)F)c(F)c3)[C@@H](c3ccc(Cl)c(Cl)c3)C2)cn1. The lowest BCUT2D eigenvalue weighted by molar-refractivity contribution is -0.140. The Morgan fingerprint density at radius 1 is 1.08 bits per heavy atom. The van der Waals surface area contributed by atoms with Gasteiger partial charge in [0.1, 0.15) is 11.5 Å². The lowest BCUT2D eigenvalue weighted by Crippen LogP contribution is -2.38. The third-order valence-corrected chi connectivity index (χ3v) is 7.02. The average molecular weight is 541 g/mol. The van der Waals surface area contributed by atoms with Crippen molar-refractivity contribution in [1.29, 1.82) is 0 Å². The van der Waals surface area contributed by atoms with Crippen LogP contribution in [0.2, 0.25) is 10.0 Å². The smallest absolute Gasteiger partial charge is 0.335 e. The van der Waals surface area contributed by atoms with E-state index >= 15 is 0 Å². The molecule has 1 aliphatic heterocycles. The summed E-state index contributed by atoms with van der Waals surface area (Å²) in [5, 5.41) is 0.765. The predicted octanol–water partition coefficient (Wildman–Crippen LogP) is 5.99. The van der Waals surface area contributed by atoms with Gasteiger partial charge in [0.15, 0.2) is 0 Å². The Kier molecular flexibility index (Phi) is 7.54.